The van der Waals surface area contributed by atoms with E-state index in [2.05, 4.69) is 16.7 Å². The van der Waals surface area contributed by atoms with Crippen molar-refractivity contribution in [1.29, 1.82) is 0 Å². The molecule has 0 spiro atoms. The molecule has 0 atom stereocenters. The van der Waals surface area contributed by atoms with Gasteiger partial charge in [-0.25, -0.2) is 0 Å². The van der Waals surface area contributed by atoms with E-state index in [1.165, 1.54) is 0 Å². The van der Waals surface area contributed by atoms with Crippen LogP contribution in [0.3, 0.4) is 0 Å². The fourth-order valence-electron chi connectivity index (χ4n) is 1.81. The number of likely N-dealkylation sites (N-methyl/N-ethyl adjacent to an activating group) is 1. The highest BCUT2D eigenvalue weighted by Gasteiger charge is 2.16. The third-order valence-electron chi connectivity index (χ3n) is 3.05. The number of hydrogen-bond acceptors (Lipinski definition) is 3. The Morgan fingerprint density at radius 3 is 1.94 bits per heavy atom. The maximum absolute atomic E-state index is 11.4. The molecular weight excluding hydrogens is 214 g/mol. The largest absolute Gasteiger partial charge is 0.349 e. The molecular formula is C13H29N3O. The highest BCUT2D eigenvalue weighted by molar-refractivity contribution is 5.75. The van der Waals surface area contributed by atoms with Crippen molar-refractivity contribution in [2.45, 2.75) is 27.2 Å². The predicted molar refractivity (Wildman–Crippen MR) is 73.2 cm³/mol. The Hall–Kier alpha value is -0.610. The molecule has 17 heavy (non-hydrogen) atoms. The number of piperazine rings is 1. The molecule has 1 heterocycles. The van der Waals surface area contributed by atoms with Gasteiger partial charge in [-0.05, 0) is 6.54 Å². The molecule has 1 aliphatic heterocycles. The minimum Gasteiger partial charge on any atom is -0.349 e. The van der Waals surface area contributed by atoms with E-state index in [0.717, 1.165) is 39.3 Å². The quantitative estimate of drug-likeness (QED) is 0.740. The van der Waals surface area contributed by atoms with E-state index in [-0.39, 0.29) is 5.91 Å². The van der Waals surface area contributed by atoms with Crippen LogP contribution in [0.15, 0.2) is 0 Å². The fourth-order valence-corrected chi connectivity index (χ4v) is 1.81. The minimum absolute atomic E-state index is 0.230. The van der Waals surface area contributed by atoms with Gasteiger partial charge in [0.1, 0.15) is 0 Å². The minimum atomic E-state index is 0.230. The lowest BCUT2D eigenvalue weighted by atomic mass is 10.3. The number of carbonyl (C=O) groups excluding carboxylic acids is 1. The summed E-state index contributed by atoms with van der Waals surface area (Å²) in [6.45, 7) is 12.8. The van der Waals surface area contributed by atoms with Gasteiger partial charge >= 0.3 is 0 Å². The maximum atomic E-state index is 11.4. The summed E-state index contributed by atoms with van der Waals surface area (Å²) in [6, 6.07) is 0. The summed E-state index contributed by atoms with van der Waals surface area (Å²) in [4.78, 5) is 17.9. The average molecular weight is 243 g/mol. The second kappa shape index (κ2) is 9.42. The summed E-state index contributed by atoms with van der Waals surface area (Å²) in [5, 5.41) is 0. The van der Waals surface area contributed by atoms with Crippen molar-refractivity contribution in [2.75, 3.05) is 53.4 Å². The van der Waals surface area contributed by atoms with Gasteiger partial charge in [0.15, 0.2) is 0 Å². The standard InChI is InChI=1S/C11H23N3O.C2H6/c1-4-13-7-9-14(10-8-13)6-5-11(15)12(2)3;1-2/h4-10H2,1-3H3;1-2H3. The van der Waals surface area contributed by atoms with Crippen molar-refractivity contribution in [3.8, 4) is 0 Å². The van der Waals surface area contributed by atoms with Crippen LogP contribution in [0.1, 0.15) is 27.2 Å². The number of nitrogens with zero attached hydrogens (tertiary/aromatic N) is 3. The molecule has 4 nitrogen and oxygen atoms in total. The summed E-state index contributed by atoms with van der Waals surface area (Å²) >= 11 is 0. The van der Waals surface area contributed by atoms with Crippen molar-refractivity contribution >= 4 is 5.91 Å². The molecule has 102 valence electrons. The fraction of sp³-hybridized carbons (Fsp3) is 0.923. The van der Waals surface area contributed by atoms with E-state index < -0.39 is 0 Å². The number of amides is 1. The van der Waals surface area contributed by atoms with Crippen LogP contribution in [0.4, 0.5) is 0 Å². The lowest BCUT2D eigenvalue weighted by Gasteiger charge is -2.33. The molecule has 0 aliphatic carbocycles. The molecule has 1 amide bonds. The van der Waals surface area contributed by atoms with E-state index in [1.54, 1.807) is 4.90 Å². The smallest absolute Gasteiger partial charge is 0.223 e. The molecule has 0 aromatic rings. The summed E-state index contributed by atoms with van der Waals surface area (Å²) in [7, 11) is 3.63. The molecule has 1 fully saturated rings. The Morgan fingerprint density at radius 1 is 1.06 bits per heavy atom. The van der Waals surface area contributed by atoms with Crippen LogP contribution >= 0.6 is 0 Å². The van der Waals surface area contributed by atoms with Crippen LogP contribution < -0.4 is 0 Å². The Labute approximate surface area is 107 Å². The van der Waals surface area contributed by atoms with E-state index in [0.29, 0.717) is 6.42 Å². The molecule has 0 N–H and O–H groups in total. The average Bonchev–Trinajstić information content (AvgIpc) is 2.38. The molecule has 1 aliphatic rings. The topological polar surface area (TPSA) is 26.8 Å². The zero-order valence-corrected chi connectivity index (χ0v) is 12.2. The summed E-state index contributed by atoms with van der Waals surface area (Å²) in [5.41, 5.74) is 0. The lowest BCUT2D eigenvalue weighted by Crippen LogP contribution is -2.46. The SMILES string of the molecule is CC.CCN1CCN(CCC(=O)N(C)C)CC1. The van der Waals surface area contributed by atoms with Crippen LogP contribution in [-0.2, 0) is 4.79 Å². The third kappa shape index (κ3) is 6.64. The zero-order chi connectivity index (χ0) is 13.3. The first kappa shape index (κ1) is 16.4. The number of carbonyl (C=O) groups is 1. The Balaban J connectivity index is 0.00000121. The number of rotatable bonds is 4. The molecule has 0 saturated carbocycles. The Morgan fingerprint density at radius 2 is 1.53 bits per heavy atom. The lowest BCUT2D eigenvalue weighted by molar-refractivity contribution is -0.129. The summed E-state index contributed by atoms with van der Waals surface area (Å²) < 4.78 is 0. The molecule has 0 radical (unpaired) electrons. The first-order chi connectivity index (χ1) is 8.13. The molecule has 0 unspecified atom stereocenters. The van der Waals surface area contributed by atoms with E-state index >= 15 is 0 Å². The summed E-state index contributed by atoms with van der Waals surface area (Å²) in [6.07, 6.45) is 0.652. The van der Waals surface area contributed by atoms with Crippen LogP contribution in [0.2, 0.25) is 0 Å². The van der Waals surface area contributed by atoms with E-state index in [1.807, 2.05) is 27.9 Å². The molecule has 0 aromatic heterocycles. The van der Waals surface area contributed by atoms with Crippen LogP contribution in [-0.4, -0.2) is 74.0 Å². The Bertz CT molecular complexity index is 199. The third-order valence-corrected chi connectivity index (χ3v) is 3.05. The molecule has 1 rings (SSSR count). The van der Waals surface area contributed by atoms with Gasteiger partial charge in [-0.3, -0.25) is 4.79 Å². The normalized spacial score (nSPS) is 17.2. The zero-order valence-electron chi connectivity index (χ0n) is 12.2. The highest BCUT2D eigenvalue weighted by Crippen LogP contribution is 2.02. The molecule has 1 saturated heterocycles. The molecule has 0 aromatic carbocycles. The Kier molecular flexibility index (Phi) is 9.09. The van der Waals surface area contributed by atoms with Crippen molar-refractivity contribution < 1.29 is 4.79 Å². The highest BCUT2D eigenvalue weighted by atomic mass is 16.2. The van der Waals surface area contributed by atoms with Gasteiger partial charge in [-0.1, -0.05) is 20.8 Å². The monoisotopic (exact) mass is 243 g/mol. The van der Waals surface area contributed by atoms with Gasteiger partial charge in [0.25, 0.3) is 0 Å². The predicted octanol–water partition coefficient (Wildman–Crippen LogP) is 1.13. The molecule has 0 bridgehead atoms. The first-order valence-corrected chi connectivity index (χ1v) is 6.78. The first-order valence-electron chi connectivity index (χ1n) is 6.78. The maximum Gasteiger partial charge on any atom is 0.223 e. The van der Waals surface area contributed by atoms with Crippen molar-refractivity contribution in [1.82, 2.24) is 14.7 Å². The van der Waals surface area contributed by atoms with Crippen LogP contribution in [0, 0.1) is 0 Å². The number of hydrogen-bond donors (Lipinski definition) is 0. The van der Waals surface area contributed by atoms with Crippen LogP contribution in [0.5, 0.6) is 0 Å². The van der Waals surface area contributed by atoms with Crippen LogP contribution in [0.25, 0.3) is 0 Å². The second-order valence-electron chi connectivity index (χ2n) is 4.31. The van der Waals surface area contributed by atoms with Gasteiger partial charge in [-0.15, -0.1) is 0 Å². The van der Waals surface area contributed by atoms with Gasteiger partial charge < -0.3 is 14.7 Å². The van der Waals surface area contributed by atoms with Gasteiger partial charge in [0.05, 0.1) is 0 Å². The van der Waals surface area contributed by atoms with Crippen molar-refractivity contribution in [3.63, 3.8) is 0 Å². The van der Waals surface area contributed by atoms with Gasteiger partial charge in [-0.2, -0.15) is 0 Å². The second-order valence-corrected chi connectivity index (χ2v) is 4.31. The van der Waals surface area contributed by atoms with Gasteiger partial charge in [0.2, 0.25) is 5.91 Å². The van der Waals surface area contributed by atoms with Gasteiger partial charge in [0, 0.05) is 53.2 Å². The molecule has 4 heteroatoms. The van der Waals surface area contributed by atoms with Crippen molar-refractivity contribution in [3.05, 3.63) is 0 Å². The van der Waals surface area contributed by atoms with E-state index in [4.69, 9.17) is 0 Å². The van der Waals surface area contributed by atoms with E-state index in [9.17, 15) is 4.79 Å². The summed E-state index contributed by atoms with van der Waals surface area (Å²) in [5.74, 6) is 0.230. The van der Waals surface area contributed by atoms with Crippen molar-refractivity contribution in [2.24, 2.45) is 0 Å².